The molecule has 0 bridgehead atoms. The van der Waals surface area contributed by atoms with Crippen LogP contribution in [0.15, 0.2) is 12.2 Å². The average Bonchev–Trinajstić information content (AvgIpc) is 2.53. The van der Waals surface area contributed by atoms with Crippen molar-refractivity contribution in [3.63, 3.8) is 0 Å². The van der Waals surface area contributed by atoms with Gasteiger partial charge in [-0.05, 0) is 24.5 Å². The smallest absolute Gasteiger partial charge is 0.0789 e. The average molecular weight is 316 g/mol. The first-order valence-electron chi connectivity index (χ1n) is 8.47. The number of unbranched alkanes of at least 4 members (excludes halogenated alkanes) is 3. The van der Waals surface area contributed by atoms with E-state index in [4.69, 9.17) is 9.47 Å². The van der Waals surface area contributed by atoms with E-state index in [2.05, 4.69) is 43.5 Å². The molecule has 0 aromatic rings. The Morgan fingerprint density at radius 2 is 2.05 bits per heavy atom. The summed E-state index contributed by atoms with van der Waals surface area (Å²) in [6.45, 7) is 10.0. The van der Waals surface area contributed by atoms with Crippen molar-refractivity contribution in [2.45, 2.75) is 45.6 Å². The van der Waals surface area contributed by atoms with E-state index < -0.39 is 0 Å². The zero-order chi connectivity index (χ0) is 15.3. The SMILES string of the molecule is CCCCC/C=C/C(OCCN1CCOCC1)[C@H](C)CS. The predicted molar refractivity (Wildman–Crippen MR) is 93.3 cm³/mol. The lowest BCUT2D eigenvalue weighted by Crippen LogP contribution is -2.39. The third-order valence-corrected chi connectivity index (χ3v) is 4.55. The molecule has 4 heteroatoms. The maximum absolute atomic E-state index is 6.09. The molecule has 0 radical (unpaired) electrons. The van der Waals surface area contributed by atoms with Crippen LogP contribution in [0.2, 0.25) is 0 Å². The van der Waals surface area contributed by atoms with Gasteiger partial charge in [-0.15, -0.1) is 0 Å². The second-order valence-electron chi connectivity index (χ2n) is 5.87. The third-order valence-electron chi connectivity index (χ3n) is 3.97. The fourth-order valence-corrected chi connectivity index (χ4v) is 2.61. The number of nitrogens with zero attached hydrogens (tertiary/aromatic N) is 1. The lowest BCUT2D eigenvalue weighted by atomic mass is 10.1. The van der Waals surface area contributed by atoms with Crippen molar-refractivity contribution in [3.05, 3.63) is 12.2 Å². The fraction of sp³-hybridized carbons (Fsp3) is 0.882. The molecule has 2 atom stereocenters. The molecular weight excluding hydrogens is 282 g/mol. The molecule has 0 saturated carbocycles. The molecule has 0 aromatic heterocycles. The summed E-state index contributed by atoms with van der Waals surface area (Å²) in [6.07, 6.45) is 9.77. The molecule has 1 rings (SSSR count). The number of hydrogen-bond acceptors (Lipinski definition) is 4. The summed E-state index contributed by atoms with van der Waals surface area (Å²) in [5.74, 6) is 1.32. The van der Waals surface area contributed by atoms with Gasteiger partial charge in [0.1, 0.15) is 0 Å². The minimum absolute atomic E-state index is 0.199. The molecule has 1 unspecified atom stereocenters. The second-order valence-corrected chi connectivity index (χ2v) is 6.24. The number of rotatable bonds is 11. The molecular formula is C17H33NO2S. The van der Waals surface area contributed by atoms with Gasteiger partial charge < -0.3 is 9.47 Å². The van der Waals surface area contributed by atoms with Crippen LogP contribution in [0.3, 0.4) is 0 Å². The van der Waals surface area contributed by atoms with E-state index >= 15 is 0 Å². The number of morpholine rings is 1. The number of allylic oxidation sites excluding steroid dienone is 1. The topological polar surface area (TPSA) is 21.7 Å². The van der Waals surface area contributed by atoms with Crippen molar-refractivity contribution < 1.29 is 9.47 Å². The van der Waals surface area contributed by atoms with Crippen molar-refractivity contribution in [2.75, 3.05) is 45.2 Å². The summed E-state index contributed by atoms with van der Waals surface area (Å²) in [5.41, 5.74) is 0. The normalized spacial score (nSPS) is 20.0. The van der Waals surface area contributed by atoms with Crippen LogP contribution in [0.1, 0.15) is 39.5 Å². The third kappa shape index (κ3) is 8.87. The van der Waals surface area contributed by atoms with Crippen molar-refractivity contribution >= 4 is 12.6 Å². The molecule has 1 fully saturated rings. The molecule has 0 spiro atoms. The monoisotopic (exact) mass is 315 g/mol. The molecule has 3 nitrogen and oxygen atoms in total. The summed E-state index contributed by atoms with van der Waals surface area (Å²) in [7, 11) is 0. The first-order valence-corrected chi connectivity index (χ1v) is 9.10. The van der Waals surface area contributed by atoms with Gasteiger partial charge in [-0.25, -0.2) is 0 Å². The van der Waals surface area contributed by atoms with E-state index in [0.29, 0.717) is 5.92 Å². The van der Waals surface area contributed by atoms with Crippen LogP contribution >= 0.6 is 12.6 Å². The molecule has 1 saturated heterocycles. The van der Waals surface area contributed by atoms with Crippen molar-refractivity contribution in [1.29, 1.82) is 0 Å². The lowest BCUT2D eigenvalue weighted by molar-refractivity contribution is 0.00332. The first kappa shape index (κ1) is 19.0. The minimum atomic E-state index is 0.199. The van der Waals surface area contributed by atoms with Crippen molar-refractivity contribution in [3.8, 4) is 0 Å². The number of ether oxygens (including phenoxy) is 2. The number of hydrogen-bond donors (Lipinski definition) is 1. The summed E-state index contributed by atoms with van der Waals surface area (Å²) in [4.78, 5) is 2.41. The van der Waals surface area contributed by atoms with E-state index in [1.807, 2.05) is 0 Å². The van der Waals surface area contributed by atoms with Gasteiger partial charge in [-0.3, -0.25) is 4.90 Å². The highest BCUT2D eigenvalue weighted by atomic mass is 32.1. The maximum Gasteiger partial charge on any atom is 0.0789 e. The standard InChI is InChI=1S/C17H33NO2S/c1-3-4-5-6-7-8-17(16(2)15-21)20-14-11-18-9-12-19-13-10-18/h7-8,16-17,21H,3-6,9-15H2,1-2H3/b8-7+/t16-,17?/m1/s1. The quantitative estimate of drug-likeness (QED) is 0.359. The molecule has 0 aromatic carbocycles. The molecule has 0 amide bonds. The zero-order valence-electron chi connectivity index (χ0n) is 13.8. The van der Waals surface area contributed by atoms with Crippen LogP contribution in [0, 0.1) is 5.92 Å². The Balaban J connectivity index is 2.24. The molecule has 1 aliphatic rings. The Labute approximate surface area is 136 Å². The Kier molecular flexibility index (Phi) is 11.3. The van der Waals surface area contributed by atoms with Crippen LogP contribution in [-0.2, 0) is 9.47 Å². The van der Waals surface area contributed by atoms with Crippen LogP contribution in [0.5, 0.6) is 0 Å². The van der Waals surface area contributed by atoms with Gasteiger partial charge in [0, 0.05) is 19.6 Å². The van der Waals surface area contributed by atoms with Crippen LogP contribution in [0.25, 0.3) is 0 Å². The lowest BCUT2D eigenvalue weighted by Gasteiger charge is -2.27. The summed E-state index contributed by atoms with van der Waals surface area (Å²) >= 11 is 4.42. The van der Waals surface area contributed by atoms with Crippen molar-refractivity contribution in [1.82, 2.24) is 4.90 Å². The van der Waals surface area contributed by atoms with E-state index in [0.717, 1.165) is 51.6 Å². The number of thiol groups is 1. The minimum Gasteiger partial charge on any atom is -0.379 e. The molecule has 1 aliphatic heterocycles. The Hall–Kier alpha value is -0.0300. The Morgan fingerprint density at radius 3 is 2.71 bits per heavy atom. The second kappa shape index (κ2) is 12.5. The largest absolute Gasteiger partial charge is 0.379 e. The van der Waals surface area contributed by atoms with Gasteiger partial charge in [0.2, 0.25) is 0 Å². The van der Waals surface area contributed by atoms with Gasteiger partial charge >= 0.3 is 0 Å². The molecule has 0 aliphatic carbocycles. The van der Waals surface area contributed by atoms with Gasteiger partial charge in [0.25, 0.3) is 0 Å². The highest BCUT2D eigenvalue weighted by molar-refractivity contribution is 7.80. The fourth-order valence-electron chi connectivity index (χ4n) is 2.40. The van der Waals surface area contributed by atoms with Crippen LogP contribution < -0.4 is 0 Å². The molecule has 0 N–H and O–H groups in total. The van der Waals surface area contributed by atoms with Crippen LogP contribution in [-0.4, -0.2) is 56.2 Å². The maximum atomic E-state index is 6.09. The summed E-state index contributed by atoms with van der Waals surface area (Å²) in [6, 6.07) is 0. The van der Waals surface area contributed by atoms with Gasteiger partial charge in [0.05, 0.1) is 25.9 Å². The molecule has 124 valence electrons. The van der Waals surface area contributed by atoms with E-state index in [1.54, 1.807) is 0 Å². The van der Waals surface area contributed by atoms with Crippen molar-refractivity contribution in [2.24, 2.45) is 5.92 Å². The summed E-state index contributed by atoms with van der Waals surface area (Å²) < 4.78 is 11.5. The van der Waals surface area contributed by atoms with E-state index in [-0.39, 0.29) is 6.10 Å². The van der Waals surface area contributed by atoms with Gasteiger partial charge in [0.15, 0.2) is 0 Å². The Morgan fingerprint density at radius 1 is 1.29 bits per heavy atom. The Bertz CT molecular complexity index is 268. The zero-order valence-corrected chi connectivity index (χ0v) is 14.7. The van der Waals surface area contributed by atoms with Gasteiger partial charge in [-0.2, -0.15) is 12.6 Å². The van der Waals surface area contributed by atoms with Crippen LogP contribution in [0.4, 0.5) is 0 Å². The highest BCUT2D eigenvalue weighted by Crippen LogP contribution is 2.12. The molecule has 21 heavy (non-hydrogen) atoms. The predicted octanol–water partition coefficient (Wildman–Crippen LogP) is 3.41. The summed E-state index contributed by atoms with van der Waals surface area (Å²) in [5, 5.41) is 0. The van der Waals surface area contributed by atoms with Gasteiger partial charge in [-0.1, -0.05) is 38.8 Å². The first-order chi connectivity index (χ1) is 10.3. The molecule has 1 heterocycles. The van der Waals surface area contributed by atoms with E-state index in [9.17, 15) is 0 Å². The highest BCUT2D eigenvalue weighted by Gasteiger charge is 2.15. The van der Waals surface area contributed by atoms with E-state index in [1.165, 1.54) is 19.3 Å².